The number of hydrogen-bond acceptors (Lipinski definition) is 5. The highest BCUT2D eigenvalue weighted by molar-refractivity contribution is 5.98. The Bertz CT molecular complexity index is 830. The van der Waals surface area contributed by atoms with Crippen molar-refractivity contribution < 1.29 is 9.53 Å². The summed E-state index contributed by atoms with van der Waals surface area (Å²) in [5.41, 5.74) is 4.23. The molecule has 5 heteroatoms. The van der Waals surface area contributed by atoms with E-state index in [0.29, 0.717) is 24.5 Å². The Morgan fingerprint density at radius 1 is 1.26 bits per heavy atom. The van der Waals surface area contributed by atoms with Crippen molar-refractivity contribution in [3.05, 3.63) is 59.3 Å². The van der Waals surface area contributed by atoms with Crippen LogP contribution < -0.4 is 4.90 Å². The maximum Gasteiger partial charge on any atom is 0.342 e. The molecule has 1 aromatic carbocycles. The number of aryl methyl sites for hydroxylation is 1. The van der Waals surface area contributed by atoms with Crippen LogP contribution in [0.15, 0.2) is 47.6 Å². The molecule has 0 amide bonds. The minimum atomic E-state index is -0.324. The van der Waals surface area contributed by atoms with Crippen molar-refractivity contribution in [1.82, 2.24) is 4.98 Å². The average molecular weight is 365 g/mol. The molecule has 2 heterocycles. The topological polar surface area (TPSA) is 54.8 Å². The number of hydrogen-bond donors (Lipinski definition) is 0. The van der Waals surface area contributed by atoms with Crippen molar-refractivity contribution >= 4 is 17.5 Å². The predicted octanol–water partition coefficient (Wildman–Crippen LogP) is 4.06. The van der Waals surface area contributed by atoms with E-state index in [4.69, 9.17) is 9.73 Å². The minimum Gasteiger partial charge on any atom is -0.459 e. The number of aromatic nitrogens is 1. The molecule has 1 aliphatic rings. The fourth-order valence-electron chi connectivity index (χ4n) is 3.19. The lowest BCUT2D eigenvalue weighted by atomic mass is 10.1. The van der Waals surface area contributed by atoms with Crippen LogP contribution in [0.4, 0.5) is 5.82 Å². The molecular weight excluding hydrogens is 338 g/mol. The number of esters is 1. The van der Waals surface area contributed by atoms with Crippen LogP contribution >= 0.6 is 0 Å². The van der Waals surface area contributed by atoms with Gasteiger partial charge in [-0.2, -0.15) is 0 Å². The second-order valence-electron chi connectivity index (χ2n) is 7.06. The lowest BCUT2D eigenvalue weighted by molar-refractivity contribution is 0.0378. The summed E-state index contributed by atoms with van der Waals surface area (Å²) in [5.74, 6) is 0.358. The van der Waals surface area contributed by atoms with Gasteiger partial charge in [-0.3, -0.25) is 4.99 Å². The van der Waals surface area contributed by atoms with E-state index in [1.54, 1.807) is 18.3 Å². The number of anilines is 1. The summed E-state index contributed by atoms with van der Waals surface area (Å²) in [6, 6.07) is 12.1. The Morgan fingerprint density at radius 3 is 2.85 bits per heavy atom. The summed E-state index contributed by atoms with van der Waals surface area (Å²) < 4.78 is 5.35. The monoisotopic (exact) mass is 365 g/mol. The molecule has 1 fully saturated rings. The van der Waals surface area contributed by atoms with Gasteiger partial charge in [-0.05, 0) is 43.5 Å². The molecule has 0 unspecified atom stereocenters. The summed E-state index contributed by atoms with van der Waals surface area (Å²) in [6.07, 6.45) is 3.49. The molecule has 0 N–H and O–H groups in total. The molecule has 0 radical (unpaired) electrons. The second kappa shape index (κ2) is 8.80. The quantitative estimate of drug-likeness (QED) is 0.725. The zero-order valence-corrected chi connectivity index (χ0v) is 16.3. The van der Waals surface area contributed by atoms with Gasteiger partial charge in [-0.15, -0.1) is 0 Å². The predicted molar refractivity (Wildman–Crippen MR) is 109 cm³/mol. The van der Waals surface area contributed by atoms with Crippen LogP contribution in [-0.2, 0) is 17.7 Å². The normalized spacial score (nSPS) is 15.6. The number of benzene rings is 1. The second-order valence-corrected chi connectivity index (χ2v) is 7.06. The maximum absolute atomic E-state index is 12.4. The van der Waals surface area contributed by atoms with Crippen LogP contribution in [0.2, 0.25) is 0 Å². The van der Waals surface area contributed by atoms with E-state index < -0.39 is 0 Å². The zero-order chi connectivity index (χ0) is 19.2. The average Bonchev–Trinajstić information content (AvgIpc) is 3.15. The number of aliphatic imine (C=N–C) groups is 1. The number of carbonyl (C=O) groups excluding carboxylic acids is 1. The van der Waals surface area contributed by atoms with Gasteiger partial charge in [0.25, 0.3) is 0 Å². The van der Waals surface area contributed by atoms with Crippen molar-refractivity contribution in [3.63, 3.8) is 0 Å². The molecule has 5 nitrogen and oxygen atoms in total. The summed E-state index contributed by atoms with van der Waals surface area (Å²) >= 11 is 0. The first kappa shape index (κ1) is 19.1. The van der Waals surface area contributed by atoms with Gasteiger partial charge in [0.2, 0.25) is 0 Å². The van der Waals surface area contributed by atoms with Gasteiger partial charge >= 0.3 is 5.97 Å². The number of rotatable bonds is 6. The largest absolute Gasteiger partial charge is 0.459 e. The highest BCUT2D eigenvalue weighted by atomic mass is 16.5. The Balaban J connectivity index is 1.70. The van der Waals surface area contributed by atoms with Crippen LogP contribution in [0.5, 0.6) is 0 Å². The molecule has 1 aromatic heterocycles. The van der Waals surface area contributed by atoms with Gasteiger partial charge < -0.3 is 9.64 Å². The third kappa shape index (κ3) is 4.94. The number of carbonyl (C=O) groups is 1. The Morgan fingerprint density at radius 2 is 2.07 bits per heavy atom. The molecule has 27 heavy (non-hydrogen) atoms. The molecule has 1 aliphatic heterocycles. The van der Waals surface area contributed by atoms with E-state index in [9.17, 15) is 4.79 Å². The zero-order valence-electron chi connectivity index (χ0n) is 16.3. The summed E-state index contributed by atoms with van der Waals surface area (Å²) in [7, 11) is 0. The molecule has 0 aliphatic carbocycles. The van der Waals surface area contributed by atoms with E-state index in [2.05, 4.69) is 41.1 Å². The maximum atomic E-state index is 12.4. The molecule has 3 rings (SSSR count). The van der Waals surface area contributed by atoms with Crippen molar-refractivity contribution in [2.45, 2.75) is 46.3 Å². The van der Waals surface area contributed by atoms with Gasteiger partial charge in [0, 0.05) is 24.9 Å². The molecule has 2 aromatic rings. The first-order valence-electron chi connectivity index (χ1n) is 9.57. The van der Waals surface area contributed by atoms with Crippen molar-refractivity contribution in [2.75, 3.05) is 18.0 Å². The summed E-state index contributed by atoms with van der Waals surface area (Å²) in [4.78, 5) is 23.7. The fraction of sp³-hybridized carbons (Fsp3) is 0.409. The number of ether oxygens (including phenoxy) is 1. The van der Waals surface area contributed by atoms with E-state index in [1.807, 2.05) is 13.8 Å². The fourth-order valence-corrected chi connectivity index (χ4v) is 3.19. The first-order valence-corrected chi connectivity index (χ1v) is 9.57. The van der Waals surface area contributed by atoms with Gasteiger partial charge in [0.15, 0.2) is 0 Å². The highest BCUT2D eigenvalue weighted by Crippen LogP contribution is 2.22. The van der Waals surface area contributed by atoms with Crippen molar-refractivity contribution in [2.24, 2.45) is 4.99 Å². The Hall–Kier alpha value is -2.69. The summed E-state index contributed by atoms with van der Waals surface area (Å²) in [6.45, 7) is 8.07. The molecule has 0 spiro atoms. The van der Waals surface area contributed by atoms with E-state index >= 15 is 0 Å². The third-order valence-electron chi connectivity index (χ3n) is 4.58. The van der Waals surface area contributed by atoms with Crippen LogP contribution in [-0.4, -0.2) is 35.9 Å². The van der Waals surface area contributed by atoms with E-state index in [-0.39, 0.29) is 12.1 Å². The van der Waals surface area contributed by atoms with Gasteiger partial charge in [-0.25, -0.2) is 9.78 Å². The minimum absolute atomic E-state index is 0.153. The molecule has 142 valence electrons. The lowest BCUT2D eigenvalue weighted by Gasteiger charge is -2.19. The van der Waals surface area contributed by atoms with Gasteiger partial charge in [-0.1, -0.05) is 31.2 Å². The Labute approximate surface area is 161 Å². The van der Waals surface area contributed by atoms with E-state index in [1.165, 1.54) is 11.1 Å². The lowest BCUT2D eigenvalue weighted by Crippen LogP contribution is -2.24. The molecule has 0 atom stereocenters. The SMILES string of the molecule is CCc1cccc(CN=C2CCN(c3ncccc3C(=O)OC(C)C)C2)c1. The van der Waals surface area contributed by atoms with Crippen LogP contribution in [0.25, 0.3) is 0 Å². The van der Waals surface area contributed by atoms with Crippen LogP contribution in [0.3, 0.4) is 0 Å². The molecule has 0 bridgehead atoms. The Kier molecular flexibility index (Phi) is 6.22. The first-order chi connectivity index (χ1) is 13.1. The van der Waals surface area contributed by atoms with Crippen LogP contribution in [0, 0.1) is 0 Å². The molecule has 1 saturated heterocycles. The summed E-state index contributed by atoms with van der Waals surface area (Å²) in [5, 5.41) is 0. The smallest absolute Gasteiger partial charge is 0.342 e. The number of pyridine rings is 1. The molecule has 0 saturated carbocycles. The van der Waals surface area contributed by atoms with Crippen molar-refractivity contribution in [3.8, 4) is 0 Å². The highest BCUT2D eigenvalue weighted by Gasteiger charge is 2.24. The molecular formula is C22H27N3O2. The van der Waals surface area contributed by atoms with Gasteiger partial charge in [0.05, 0.1) is 19.2 Å². The third-order valence-corrected chi connectivity index (χ3v) is 4.58. The van der Waals surface area contributed by atoms with E-state index in [0.717, 1.165) is 25.1 Å². The number of nitrogens with zero attached hydrogens (tertiary/aromatic N) is 3. The van der Waals surface area contributed by atoms with Gasteiger partial charge in [0.1, 0.15) is 11.4 Å². The standard InChI is InChI=1S/C22H27N3O2/c1-4-17-7-5-8-18(13-17)14-24-19-10-12-25(15-19)21-20(9-6-11-23-21)22(26)27-16(2)3/h5-9,11,13,16H,4,10,12,14-15H2,1-3H3. The van der Waals surface area contributed by atoms with Crippen LogP contribution in [0.1, 0.15) is 48.7 Å². The van der Waals surface area contributed by atoms with Crippen molar-refractivity contribution in [1.29, 1.82) is 0 Å².